The van der Waals surface area contributed by atoms with Gasteiger partial charge in [0.2, 0.25) is 0 Å². The van der Waals surface area contributed by atoms with Crippen LogP contribution in [0.3, 0.4) is 0 Å². The van der Waals surface area contributed by atoms with Crippen molar-refractivity contribution >= 4 is 18.0 Å². The number of carbonyl (C=O) groups excluding carboxylic acids is 1. The molecule has 1 aliphatic rings. The summed E-state index contributed by atoms with van der Waals surface area (Å²) in [5, 5.41) is 9.55. The highest BCUT2D eigenvalue weighted by Crippen LogP contribution is 2.46. The van der Waals surface area contributed by atoms with Crippen LogP contribution in [0.5, 0.6) is 0 Å². The molecule has 0 saturated heterocycles. The summed E-state index contributed by atoms with van der Waals surface area (Å²) >= 11 is 0. The van der Waals surface area contributed by atoms with E-state index in [1.54, 1.807) is 19.1 Å². The summed E-state index contributed by atoms with van der Waals surface area (Å²) in [7, 11) is 0. The van der Waals surface area contributed by atoms with E-state index in [1.165, 1.54) is 29.5 Å². The second-order valence-electron chi connectivity index (χ2n) is 11.5. The monoisotopic (exact) mass is 510 g/mol. The lowest BCUT2D eigenvalue weighted by molar-refractivity contribution is -0.136. The fourth-order valence-corrected chi connectivity index (χ4v) is 5.52. The van der Waals surface area contributed by atoms with Gasteiger partial charge in [-0.15, -0.1) is 0 Å². The van der Waals surface area contributed by atoms with Crippen molar-refractivity contribution in [1.29, 1.82) is 0 Å². The Morgan fingerprint density at radius 3 is 2.34 bits per heavy atom. The lowest BCUT2D eigenvalue weighted by Crippen LogP contribution is -2.33. The van der Waals surface area contributed by atoms with Crippen molar-refractivity contribution < 1.29 is 19.4 Å². The van der Waals surface area contributed by atoms with Crippen LogP contribution in [-0.2, 0) is 33.2 Å². The number of ether oxygens (including phenoxy) is 1. The van der Waals surface area contributed by atoms with E-state index in [0.717, 1.165) is 23.1 Å². The number of esters is 1. The molecule has 0 saturated carbocycles. The molecule has 0 fully saturated rings. The van der Waals surface area contributed by atoms with Crippen molar-refractivity contribution in [3.63, 3.8) is 0 Å². The van der Waals surface area contributed by atoms with Crippen molar-refractivity contribution in [3.8, 4) is 11.1 Å². The van der Waals surface area contributed by atoms with Gasteiger partial charge in [0.25, 0.3) is 0 Å². The number of allylic oxidation sites excluding steroid dienone is 1. The van der Waals surface area contributed by atoms with Gasteiger partial charge in [-0.1, -0.05) is 88.4 Å². The number of carboxylic acid groups (broad SMARTS) is 1. The molecular weight excluding hydrogens is 472 g/mol. The Labute approximate surface area is 226 Å². The minimum Gasteiger partial charge on any atom is -0.481 e. The van der Waals surface area contributed by atoms with Crippen LogP contribution in [0.15, 0.2) is 66.7 Å². The molecule has 1 aliphatic carbocycles. The smallest absolute Gasteiger partial charge is 0.338 e. The second kappa shape index (κ2) is 11.0. The van der Waals surface area contributed by atoms with Crippen LogP contribution in [0.1, 0.15) is 85.6 Å². The fraction of sp³-hybridized carbons (Fsp3) is 0.353. The van der Waals surface area contributed by atoms with Crippen LogP contribution in [0, 0.1) is 0 Å². The van der Waals surface area contributed by atoms with Crippen LogP contribution in [0.25, 0.3) is 17.2 Å². The molecule has 0 bridgehead atoms. The van der Waals surface area contributed by atoms with Crippen molar-refractivity contribution in [1.82, 2.24) is 0 Å². The molecule has 198 valence electrons. The first kappa shape index (κ1) is 27.4. The second-order valence-corrected chi connectivity index (χ2v) is 11.5. The van der Waals surface area contributed by atoms with Gasteiger partial charge in [-0.2, -0.15) is 0 Å². The minimum atomic E-state index is -0.895. The molecule has 3 aromatic rings. The Balaban J connectivity index is 1.69. The Hall–Kier alpha value is -3.66. The van der Waals surface area contributed by atoms with Gasteiger partial charge in [0.1, 0.15) is 0 Å². The van der Waals surface area contributed by atoms with E-state index in [0.29, 0.717) is 17.7 Å². The summed E-state index contributed by atoms with van der Waals surface area (Å²) < 4.78 is 5.18. The van der Waals surface area contributed by atoms with E-state index in [2.05, 4.69) is 58.0 Å². The van der Waals surface area contributed by atoms with Gasteiger partial charge in [-0.3, -0.25) is 4.79 Å². The standard InChI is InChI=1S/C34H38O4/c1-6-38-32(37)27-15-9-13-25(21-27)31-24(12-8-14-26(31)22-30(35)36)11-7-10-23-16-17-28-29(20-23)34(4,5)19-18-33(28,2)3/h7-9,11-17,20-21H,6,10,18-19,22H2,1-5H3,(H,35,36). The van der Waals surface area contributed by atoms with Gasteiger partial charge < -0.3 is 9.84 Å². The third-order valence-corrected chi connectivity index (χ3v) is 7.76. The zero-order valence-corrected chi connectivity index (χ0v) is 23.1. The summed E-state index contributed by atoms with van der Waals surface area (Å²) in [6.45, 7) is 11.4. The zero-order valence-electron chi connectivity index (χ0n) is 23.1. The highest BCUT2D eigenvalue weighted by molar-refractivity contribution is 5.92. The number of carboxylic acids is 1. The van der Waals surface area contributed by atoms with E-state index in [4.69, 9.17) is 4.74 Å². The van der Waals surface area contributed by atoms with Crippen molar-refractivity contribution in [2.24, 2.45) is 0 Å². The number of aliphatic carboxylic acids is 1. The summed E-state index contributed by atoms with van der Waals surface area (Å²) in [4.78, 5) is 24.0. The van der Waals surface area contributed by atoms with Crippen LogP contribution >= 0.6 is 0 Å². The van der Waals surface area contributed by atoms with Gasteiger partial charge in [-0.05, 0) is 88.1 Å². The molecule has 0 heterocycles. The first-order valence-electron chi connectivity index (χ1n) is 13.4. The summed E-state index contributed by atoms with van der Waals surface area (Å²) in [5.41, 5.74) is 8.20. The molecule has 3 aromatic carbocycles. The molecule has 0 aromatic heterocycles. The molecule has 0 atom stereocenters. The third-order valence-electron chi connectivity index (χ3n) is 7.76. The number of carbonyl (C=O) groups is 2. The number of hydrogen-bond acceptors (Lipinski definition) is 3. The highest BCUT2D eigenvalue weighted by Gasteiger charge is 2.36. The summed E-state index contributed by atoms with van der Waals surface area (Å²) in [6, 6.07) is 19.8. The Morgan fingerprint density at radius 1 is 0.921 bits per heavy atom. The molecule has 0 spiro atoms. The number of hydrogen-bond donors (Lipinski definition) is 1. The molecule has 4 nitrogen and oxygen atoms in total. The topological polar surface area (TPSA) is 63.6 Å². The SMILES string of the molecule is CCOC(=O)c1cccc(-c2c(C=CCc3ccc4c(c3)C(C)(C)CCC4(C)C)cccc2CC(=O)O)c1. The molecule has 0 radical (unpaired) electrons. The van der Waals surface area contributed by atoms with Gasteiger partial charge in [0.05, 0.1) is 18.6 Å². The van der Waals surface area contributed by atoms with Crippen LogP contribution in [-0.4, -0.2) is 23.7 Å². The van der Waals surface area contributed by atoms with Gasteiger partial charge in [0.15, 0.2) is 0 Å². The number of benzene rings is 3. The average molecular weight is 511 g/mol. The van der Waals surface area contributed by atoms with E-state index >= 15 is 0 Å². The molecule has 38 heavy (non-hydrogen) atoms. The lowest BCUT2D eigenvalue weighted by Gasteiger charge is -2.42. The normalized spacial score (nSPS) is 15.7. The quantitative estimate of drug-likeness (QED) is 0.315. The molecule has 4 rings (SSSR count). The molecule has 1 N–H and O–H groups in total. The molecule has 4 heteroatoms. The average Bonchev–Trinajstić information content (AvgIpc) is 2.87. The molecule has 0 unspecified atom stereocenters. The number of rotatable bonds is 8. The molecule has 0 aliphatic heterocycles. The Bertz CT molecular complexity index is 1380. The third kappa shape index (κ3) is 5.91. The van der Waals surface area contributed by atoms with E-state index in [-0.39, 0.29) is 23.2 Å². The van der Waals surface area contributed by atoms with Gasteiger partial charge in [0, 0.05) is 0 Å². The largest absolute Gasteiger partial charge is 0.481 e. The molecular formula is C34H38O4. The van der Waals surface area contributed by atoms with Gasteiger partial charge in [-0.25, -0.2) is 4.79 Å². The summed E-state index contributed by atoms with van der Waals surface area (Å²) in [6.07, 6.45) is 7.25. The predicted octanol–water partition coefficient (Wildman–Crippen LogP) is 7.76. The van der Waals surface area contributed by atoms with Crippen LogP contribution in [0.2, 0.25) is 0 Å². The fourth-order valence-electron chi connectivity index (χ4n) is 5.52. The summed E-state index contributed by atoms with van der Waals surface area (Å²) in [5.74, 6) is -1.28. The zero-order chi connectivity index (χ0) is 27.5. The molecule has 0 amide bonds. The maximum Gasteiger partial charge on any atom is 0.338 e. The van der Waals surface area contributed by atoms with Crippen LogP contribution < -0.4 is 0 Å². The first-order chi connectivity index (χ1) is 18.0. The Kier molecular flexibility index (Phi) is 7.91. The van der Waals surface area contributed by atoms with Crippen LogP contribution in [0.4, 0.5) is 0 Å². The minimum absolute atomic E-state index is 0.101. The van der Waals surface area contributed by atoms with E-state index in [9.17, 15) is 14.7 Å². The Morgan fingerprint density at radius 2 is 1.63 bits per heavy atom. The van der Waals surface area contributed by atoms with Crippen molar-refractivity contribution in [2.45, 2.75) is 71.1 Å². The van der Waals surface area contributed by atoms with E-state index < -0.39 is 5.97 Å². The van der Waals surface area contributed by atoms with Crippen molar-refractivity contribution in [3.05, 3.63) is 100 Å². The first-order valence-corrected chi connectivity index (χ1v) is 13.4. The lowest BCUT2D eigenvalue weighted by atomic mass is 9.63. The maximum absolute atomic E-state index is 12.4. The predicted molar refractivity (Wildman–Crippen MR) is 154 cm³/mol. The maximum atomic E-state index is 12.4. The number of fused-ring (bicyclic) bond motifs is 1. The van der Waals surface area contributed by atoms with Crippen molar-refractivity contribution in [2.75, 3.05) is 6.61 Å². The van der Waals surface area contributed by atoms with Gasteiger partial charge >= 0.3 is 11.9 Å². The van der Waals surface area contributed by atoms with E-state index in [1.807, 2.05) is 30.3 Å². The highest BCUT2D eigenvalue weighted by atomic mass is 16.5.